The largest absolute Gasteiger partial charge is 0.310 e. The number of benzene rings is 17. The second kappa shape index (κ2) is 25.3. The van der Waals surface area contributed by atoms with E-state index in [0.717, 1.165) is 61.9 Å². The third kappa shape index (κ3) is 9.88. The van der Waals surface area contributed by atoms with Gasteiger partial charge in [0.25, 0.3) is 0 Å². The molecule has 4 aliphatic carbocycles. The van der Waals surface area contributed by atoms with E-state index in [0.29, 0.717) is 0 Å². The zero-order valence-corrected chi connectivity index (χ0v) is 60.7. The van der Waals surface area contributed by atoms with Gasteiger partial charge in [0.05, 0.1) is 16.5 Å². The lowest BCUT2D eigenvalue weighted by atomic mass is 9.67. The fraction of sp³-hybridized carbons (Fsp3) is 0.0467. The summed E-state index contributed by atoms with van der Waals surface area (Å²) in [6.07, 6.45) is 0. The number of anilines is 6. The smallest absolute Gasteiger partial charge is 0.0726 e. The molecule has 0 N–H and O–H groups in total. The monoisotopic (exact) mass is 1390 g/mol. The molecular weight excluding hydrogens is 1310 g/mol. The molecule has 0 radical (unpaired) electrons. The number of hydrogen-bond donors (Lipinski definition) is 0. The van der Waals surface area contributed by atoms with Gasteiger partial charge in [-0.05, 0) is 247 Å². The molecule has 0 aromatic heterocycles. The lowest BCUT2D eigenvalue weighted by Gasteiger charge is -2.35. The average molecular weight is 1390 g/mol. The molecule has 2 heteroatoms. The Labute approximate surface area is 638 Å². The van der Waals surface area contributed by atoms with Gasteiger partial charge in [0.2, 0.25) is 0 Å². The van der Waals surface area contributed by atoms with Crippen molar-refractivity contribution in [2.75, 3.05) is 9.80 Å². The van der Waals surface area contributed by atoms with Crippen molar-refractivity contribution in [3.8, 4) is 100 Å². The third-order valence-electron chi connectivity index (χ3n) is 24.1. The minimum absolute atomic E-state index is 0.157. The molecule has 1 atom stereocenters. The van der Waals surface area contributed by atoms with Crippen molar-refractivity contribution in [2.24, 2.45) is 0 Å². The van der Waals surface area contributed by atoms with Gasteiger partial charge in [0, 0.05) is 39.4 Å². The molecule has 0 fully saturated rings. The van der Waals surface area contributed by atoms with Gasteiger partial charge in [-0.1, -0.05) is 329 Å². The molecular formula is C107H74N2. The molecule has 17 aromatic rings. The van der Waals surface area contributed by atoms with Crippen molar-refractivity contribution >= 4 is 34.1 Å². The number of hydrogen-bond acceptors (Lipinski definition) is 2. The SMILES string of the molecule is CC1(C)c2ccccc2-c2ccc(N(c3ccccc3)c3cccc4c3-c3ccccc3C43c4ccccc4-c4cc(-c5cccc(-c6cc(-c7ccccc7)cc(-c7ccc(N(c8ccc(-c9ccccc9)cc8)c8ccc9c(c8)C(c8ccccc8)(c8ccccc8)c8ccccc8-9)cc7)c6)c5)ccc43)cc21. The predicted octanol–water partition coefficient (Wildman–Crippen LogP) is 28.0. The summed E-state index contributed by atoms with van der Waals surface area (Å²) in [5.74, 6) is 0. The first kappa shape index (κ1) is 63.8. The summed E-state index contributed by atoms with van der Waals surface area (Å²) in [4.78, 5) is 4.95. The molecule has 17 aromatic carbocycles. The van der Waals surface area contributed by atoms with Crippen molar-refractivity contribution in [3.63, 3.8) is 0 Å². The number of nitrogens with zero attached hydrogens (tertiary/aromatic N) is 2. The van der Waals surface area contributed by atoms with Crippen LogP contribution in [0.4, 0.5) is 34.1 Å². The van der Waals surface area contributed by atoms with E-state index in [-0.39, 0.29) is 5.41 Å². The molecule has 0 aliphatic heterocycles. The van der Waals surface area contributed by atoms with E-state index in [1.807, 2.05) is 0 Å². The molecule has 109 heavy (non-hydrogen) atoms. The van der Waals surface area contributed by atoms with Crippen LogP contribution in [0.2, 0.25) is 0 Å². The average Bonchev–Trinajstić information content (AvgIpc) is 1.51. The van der Waals surface area contributed by atoms with Crippen molar-refractivity contribution in [1.82, 2.24) is 0 Å². The van der Waals surface area contributed by atoms with Crippen LogP contribution in [-0.2, 0) is 16.2 Å². The van der Waals surface area contributed by atoms with Crippen molar-refractivity contribution < 1.29 is 0 Å². The van der Waals surface area contributed by atoms with Gasteiger partial charge >= 0.3 is 0 Å². The first-order chi connectivity index (χ1) is 53.8. The lowest BCUT2D eigenvalue weighted by Crippen LogP contribution is -2.28. The van der Waals surface area contributed by atoms with Gasteiger partial charge in [-0.15, -0.1) is 0 Å². The minimum atomic E-state index is -0.565. The zero-order valence-electron chi connectivity index (χ0n) is 60.7. The number of rotatable bonds is 13. The first-order valence-electron chi connectivity index (χ1n) is 38.1. The Kier molecular flexibility index (Phi) is 14.8. The highest BCUT2D eigenvalue weighted by molar-refractivity contribution is 6.03. The van der Waals surface area contributed by atoms with E-state index in [1.54, 1.807) is 0 Å². The van der Waals surface area contributed by atoms with E-state index in [4.69, 9.17) is 0 Å². The lowest BCUT2D eigenvalue weighted by molar-refractivity contribution is 0.660. The maximum Gasteiger partial charge on any atom is 0.0726 e. The normalized spacial score (nSPS) is 14.5. The van der Waals surface area contributed by atoms with Gasteiger partial charge in [0.15, 0.2) is 0 Å². The molecule has 0 heterocycles. The van der Waals surface area contributed by atoms with Gasteiger partial charge in [-0.2, -0.15) is 0 Å². The Hall–Kier alpha value is -13.7. The standard InChI is InChI=1S/C107H74N2/c1-105(2)95-44-22-18-40-88(95)91-61-60-87(69-101(91)105)109(83-38-16-7-17-39-83)103-49-27-48-100-104(103)93-43-21-25-47-98(93)107(100)97-46-24-20-42-90(97)94-68-77(54-63-99(94)107)75-32-26-33-76(64-75)80-66-78(72-30-10-4-11-31-72)65-79(67-80)74-52-57-85(58-53-74)108(84-55-50-73(51-56-84)71-28-8-3-9-29-71)86-59-62-92-89-41-19-23-45-96(89)106(102(92)70-86,81-34-12-5-13-35-81)82-36-14-6-15-37-82/h3-70H,1-2H3. The van der Waals surface area contributed by atoms with Gasteiger partial charge < -0.3 is 9.80 Å². The molecule has 1 unspecified atom stereocenters. The number of para-hydroxylation sites is 1. The van der Waals surface area contributed by atoms with Crippen molar-refractivity contribution in [1.29, 1.82) is 0 Å². The van der Waals surface area contributed by atoms with Crippen LogP contribution in [0, 0.1) is 0 Å². The summed E-state index contributed by atoms with van der Waals surface area (Å²) in [6.45, 7) is 4.76. The number of fused-ring (bicyclic) bond motifs is 16. The highest BCUT2D eigenvalue weighted by Crippen LogP contribution is 2.66. The topological polar surface area (TPSA) is 6.48 Å². The van der Waals surface area contributed by atoms with E-state index in [9.17, 15) is 0 Å². The van der Waals surface area contributed by atoms with Gasteiger partial charge in [0.1, 0.15) is 0 Å². The molecule has 1 spiro atoms. The maximum atomic E-state index is 2.51. The minimum Gasteiger partial charge on any atom is -0.310 e. The Morgan fingerprint density at radius 1 is 0.174 bits per heavy atom. The van der Waals surface area contributed by atoms with Crippen LogP contribution in [-0.4, -0.2) is 0 Å². The van der Waals surface area contributed by atoms with Crippen LogP contribution in [0.3, 0.4) is 0 Å². The molecule has 0 saturated heterocycles. The summed E-state index contributed by atoms with van der Waals surface area (Å²) in [5.41, 5.74) is 40.2. The second-order valence-electron chi connectivity index (χ2n) is 30.2. The van der Waals surface area contributed by atoms with Gasteiger partial charge in [-0.25, -0.2) is 0 Å². The van der Waals surface area contributed by atoms with Crippen molar-refractivity contribution in [3.05, 3.63) is 468 Å². The van der Waals surface area contributed by atoms with E-state index >= 15 is 0 Å². The summed E-state index contributed by atoms with van der Waals surface area (Å²) >= 11 is 0. The predicted molar refractivity (Wildman–Crippen MR) is 454 cm³/mol. The zero-order chi connectivity index (χ0) is 72.4. The highest BCUT2D eigenvalue weighted by Gasteiger charge is 2.53. The van der Waals surface area contributed by atoms with Crippen LogP contribution < -0.4 is 9.80 Å². The van der Waals surface area contributed by atoms with E-state index in [1.165, 1.54) is 128 Å². The van der Waals surface area contributed by atoms with Crippen LogP contribution in [0.15, 0.2) is 413 Å². The Morgan fingerprint density at radius 3 is 1.11 bits per heavy atom. The fourth-order valence-corrected chi connectivity index (χ4v) is 19.3. The second-order valence-corrected chi connectivity index (χ2v) is 30.2. The summed E-state index contributed by atoms with van der Waals surface area (Å²) in [7, 11) is 0. The Bertz CT molecular complexity index is 6380. The molecule has 0 saturated carbocycles. The molecule has 4 aliphatic rings. The summed E-state index contributed by atoms with van der Waals surface area (Å²) < 4.78 is 0. The van der Waals surface area contributed by atoms with E-state index < -0.39 is 10.8 Å². The summed E-state index contributed by atoms with van der Waals surface area (Å²) in [5, 5.41) is 0. The van der Waals surface area contributed by atoms with Gasteiger partial charge in [-0.3, -0.25) is 0 Å². The Balaban J connectivity index is 0.663. The summed E-state index contributed by atoms with van der Waals surface area (Å²) in [6, 6.07) is 154. The maximum absolute atomic E-state index is 2.51. The van der Waals surface area contributed by atoms with Crippen LogP contribution >= 0.6 is 0 Å². The van der Waals surface area contributed by atoms with E-state index in [2.05, 4.69) is 436 Å². The van der Waals surface area contributed by atoms with Crippen LogP contribution in [0.5, 0.6) is 0 Å². The molecule has 512 valence electrons. The van der Waals surface area contributed by atoms with Crippen LogP contribution in [0.1, 0.15) is 69.5 Å². The van der Waals surface area contributed by atoms with Crippen LogP contribution in [0.25, 0.3) is 100 Å². The Morgan fingerprint density at radius 2 is 0.514 bits per heavy atom. The van der Waals surface area contributed by atoms with Crippen molar-refractivity contribution in [2.45, 2.75) is 30.1 Å². The molecule has 0 amide bonds. The fourth-order valence-electron chi connectivity index (χ4n) is 19.3. The third-order valence-corrected chi connectivity index (χ3v) is 24.1. The first-order valence-corrected chi connectivity index (χ1v) is 38.1. The highest BCUT2D eigenvalue weighted by atomic mass is 15.2. The molecule has 0 bridgehead atoms. The molecule has 21 rings (SSSR count). The molecule has 2 nitrogen and oxygen atoms in total. The quantitative estimate of drug-likeness (QED) is 0.114.